The maximum absolute atomic E-state index is 12.2. The number of anilines is 1. The Bertz CT molecular complexity index is 838. The zero-order chi connectivity index (χ0) is 17.9. The molecule has 1 N–H and O–H groups in total. The number of hydrogen-bond acceptors (Lipinski definition) is 2. The van der Waals surface area contributed by atoms with Crippen molar-refractivity contribution in [1.29, 1.82) is 0 Å². The molecule has 3 heterocycles. The molecule has 136 valence electrons. The average Bonchev–Trinajstić information content (AvgIpc) is 3.20. The Morgan fingerprint density at radius 2 is 2.19 bits per heavy atom. The molecule has 0 aromatic heterocycles. The van der Waals surface area contributed by atoms with Gasteiger partial charge in [0.05, 0.1) is 18.5 Å². The number of carbonyl (C=O) groups excluding carboxylic acids is 1. The molecule has 0 saturated carbocycles. The number of quaternary nitrogens is 1. The van der Waals surface area contributed by atoms with E-state index in [2.05, 4.69) is 49.5 Å². The van der Waals surface area contributed by atoms with Gasteiger partial charge < -0.3 is 9.80 Å². The Labute approximate surface area is 156 Å². The minimum absolute atomic E-state index is 0.0380. The number of allylic oxidation sites excluding steroid dienone is 2. The van der Waals surface area contributed by atoms with Crippen LogP contribution in [0.3, 0.4) is 0 Å². The SMILES string of the molecule is CC=C1C[N+]2(CCCC)CCC34C(=C(C=O)[C@H]1CC32)Nc1ccccc14. The van der Waals surface area contributed by atoms with Gasteiger partial charge in [-0.25, -0.2) is 0 Å². The number of nitrogens with one attached hydrogen (secondary N) is 1. The molecule has 3 nitrogen and oxygen atoms in total. The van der Waals surface area contributed by atoms with Crippen molar-refractivity contribution in [2.75, 3.05) is 25.0 Å². The van der Waals surface area contributed by atoms with E-state index in [1.807, 2.05) is 0 Å². The Hall–Kier alpha value is -1.87. The normalized spacial score (nSPS) is 38.2. The highest BCUT2D eigenvalue weighted by molar-refractivity contribution is 5.84. The Morgan fingerprint density at radius 3 is 2.96 bits per heavy atom. The molecule has 1 aliphatic carbocycles. The van der Waals surface area contributed by atoms with Crippen molar-refractivity contribution in [1.82, 2.24) is 0 Å². The van der Waals surface area contributed by atoms with E-state index in [9.17, 15) is 4.79 Å². The Balaban J connectivity index is 1.76. The molecule has 26 heavy (non-hydrogen) atoms. The number of para-hydroxylation sites is 1. The predicted octanol–water partition coefficient (Wildman–Crippen LogP) is 4.17. The molecule has 5 rings (SSSR count). The fourth-order valence-electron chi connectivity index (χ4n) is 6.70. The van der Waals surface area contributed by atoms with Gasteiger partial charge in [0.2, 0.25) is 0 Å². The standard InChI is InChI=1S/C23H28N2O/c1-3-5-11-25-12-10-23-19-8-6-7-9-20(19)24-22(23)18(15-26)17(13-21(23)25)16(4-2)14-25/h4,6-9,15,17,21H,3,5,10-14H2,1-2H3/p+1/t17-,21?,23?,25?/m0/s1. The first kappa shape index (κ1) is 16.3. The quantitative estimate of drug-likeness (QED) is 0.502. The molecule has 2 bridgehead atoms. The molecule has 3 heteroatoms. The highest BCUT2D eigenvalue weighted by Gasteiger charge is 2.68. The number of fused-ring (bicyclic) bond motifs is 2. The van der Waals surface area contributed by atoms with E-state index in [1.165, 1.54) is 59.4 Å². The van der Waals surface area contributed by atoms with Crippen LogP contribution < -0.4 is 5.32 Å². The zero-order valence-corrected chi connectivity index (χ0v) is 15.9. The summed E-state index contributed by atoms with van der Waals surface area (Å²) in [5, 5.41) is 3.71. The molecule has 2 fully saturated rings. The van der Waals surface area contributed by atoms with Gasteiger partial charge >= 0.3 is 0 Å². The van der Waals surface area contributed by atoms with Gasteiger partial charge in [-0.05, 0) is 30.5 Å². The number of hydrogen-bond donors (Lipinski definition) is 1. The molecule has 1 aromatic rings. The summed E-state index contributed by atoms with van der Waals surface area (Å²) in [7, 11) is 0. The minimum atomic E-state index is 0.0380. The van der Waals surface area contributed by atoms with Crippen LogP contribution in [-0.2, 0) is 10.2 Å². The highest BCUT2D eigenvalue weighted by Crippen LogP contribution is 2.63. The summed E-state index contributed by atoms with van der Waals surface area (Å²) in [6.45, 7) is 8.12. The summed E-state index contributed by atoms with van der Waals surface area (Å²) < 4.78 is 1.23. The van der Waals surface area contributed by atoms with Gasteiger partial charge in [0.1, 0.15) is 18.9 Å². The fourth-order valence-corrected chi connectivity index (χ4v) is 6.70. The summed E-state index contributed by atoms with van der Waals surface area (Å²) in [4.78, 5) is 12.2. The fraction of sp³-hybridized carbons (Fsp3) is 0.522. The maximum atomic E-state index is 12.2. The molecule has 2 saturated heterocycles. The first-order chi connectivity index (χ1) is 12.7. The molecular formula is C23H29N2O+. The highest BCUT2D eigenvalue weighted by atomic mass is 16.1. The van der Waals surface area contributed by atoms with Crippen molar-refractivity contribution in [3.05, 3.63) is 52.7 Å². The summed E-state index contributed by atoms with van der Waals surface area (Å²) in [5.74, 6) is 0.318. The third-order valence-corrected chi connectivity index (χ3v) is 7.82. The monoisotopic (exact) mass is 349 g/mol. The lowest BCUT2D eigenvalue weighted by Crippen LogP contribution is -2.63. The lowest BCUT2D eigenvalue weighted by molar-refractivity contribution is -0.941. The van der Waals surface area contributed by atoms with E-state index in [0.717, 1.165) is 24.8 Å². The van der Waals surface area contributed by atoms with Gasteiger partial charge in [-0.3, -0.25) is 4.79 Å². The van der Waals surface area contributed by atoms with Gasteiger partial charge in [-0.2, -0.15) is 0 Å². The third-order valence-electron chi connectivity index (χ3n) is 7.82. The molecular weight excluding hydrogens is 320 g/mol. The van der Waals surface area contributed by atoms with E-state index in [4.69, 9.17) is 0 Å². The molecule has 0 radical (unpaired) electrons. The largest absolute Gasteiger partial charge is 0.357 e. The molecule has 3 aliphatic heterocycles. The molecule has 0 amide bonds. The Kier molecular flexibility index (Phi) is 3.49. The lowest BCUT2D eigenvalue weighted by Gasteiger charge is -2.53. The zero-order valence-electron chi connectivity index (χ0n) is 15.9. The number of aldehydes is 1. The number of benzene rings is 1. The third kappa shape index (κ3) is 1.80. The predicted molar refractivity (Wildman–Crippen MR) is 105 cm³/mol. The minimum Gasteiger partial charge on any atom is -0.357 e. The Morgan fingerprint density at radius 1 is 1.35 bits per heavy atom. The molecule has 1 spiro atoms. The average molecular weight is 349 g/mol. The van der Waals surface area contributed by atoms with Gasteiger partial charge in [-0.1, -0.05) is 37.6 Å². The van der Waals surface area contributed by atoms with Crippen molar-refractivity contribution >= 4 is 12.0 Å². The van der Waals surface area contributed by atoms with Crippen LogP contribution in [0.25, 0.3) is 0 Å². The van der Waals surface area contributed by atoms with E-state index < -0.39 is 0 Å². The first-order valence-corrected chi connectivity index (χ1v) is 10.3. The summed E-state index contributed by atoms with van der Waals surface area (Å²) >= 11 is 0. The van der Waals surface area contributed by atoms with Crippen LogP contribution in [0.4, 0.5) is 5.69 Å². The van der Waals surface area contributed by atoms with Crippen LogP contribution in [-0.4, -0.2) is 36.4 Å². The van der Waals surface area contributed by atoms with Gasteiger partial charge in [0, 0.05) is 35.7 Å². The summed E-state index contributed by atoms with van der Waals surface area (Å²) in [5.41, 5.74) is 6.47. The van der Waals surface area contributed by atoms with Crippen molar-refractivity contribution in [3.8, 4) is 0 Å². The van der Waals surface area contributed by atoms with E-state index >= 15 is 0 Å². The second kappa shape index (κ2) is 5.56. The van der Waals surface area contributed by atoms with Crippen molar-refractivity contribution in [2.24, 2.45) is 5.92 Å². The summed E-state index contributed by atoms with van der Waals surface area (Å²) in [6, 6.07) is 9.39. The van der Waals surface area contributed by atoms with Crippen LogP contribution in [0, 0.1) is 5.92 Å². The lowest BCUT2D eigenvalue weighted by atomic mass is 9.61. The van der Waals surface area contributed by atoms with E-state index in [1.54, 1.807) is 0 Å². The first-order valence-electron chi connectivity index (χ1n) is 10.3. The second-order valence-corrected chi connectivity index (χ2v) is 8.69. The number of rotatable bonds is 4. The molecule has 4 aliphatic rings. The van der Waals surface area contributed by atoms with Gasteiger partial charge in [-0.15, -0.1) is 0 Å². The topological polar surface area (TPSA) is 29.1 Å². The van der Waals surface area contributed by atoms with E-state index in [-0.39, 0.29) is 5.41 Å². The summed E-state index contributed by atoms with van der Waals surface area (Å²) in [6.07, 6.45) is 8.31. The van der Waals surface area contributed by atoms with Crippen LogP contribution in [0.15, 0.2) is 47.2 Å². The number of piperidine rings is 1. The van der Waals surface area contributed by atoms with Crippen molar-refractivity contribution in [3.63, 3.8) is 0 Å². The smallest absolute Gasteiger partial charge is 0.148 e. The van der Waals surface area contributed by atoms with Crippen molar-refractivity contribution in [2.45, 2.75) is 51.0 Å². The van der Waals surface area contributed by atoms with E-state index in [0.29, 0.717) is 12.0 Å². The second-order valence-electron chi connectivity index (χ2n) is 8.69. The van der Waals surface area contributed by atoms with Gasteiger partial charge in [0.15, 0.2) is 0 Å². The number of carbonyl (C=O) groups is 1. The van der Waals surface area contributed by atoms with Crippen LogP contribution in [0.5, 0.6) is 0 Å². The molecule has 3 unspecified atom stereocenters. The number of unbranched alkanes of at least 4 members (excludes halogenated alkanes) is 1. The molecule has 1 aromatic carbocycles. The van der Waals surface area contributed by atoms with Crippen LogP contribution in [0.2, 0.25) is 0 Å². The van der Waals surface area contributed by atoms with Crippen molar-refractivity contribution < 1.29 is 9.28 Å². The maximum Gasteiger partial charge on any atom is 0.148 e. The van der Waals surface area contributed by atoms with Gasteiger partial charge in [0.25, 0.3) is 0 Å². The number of nitrogens with zero attached hydrogens (tertiary/aromatic N) is 1. The molecule has 4 atom stereocenters. The van der Waals surface area contributed by atoms with Crippen LogP contribution >= 0.6 is 0 Å². The van der Waals surface area contributed by atoms with Crippen LogP contribution in [0.1, 0.15) is 45.1 Å².